The Morgan fingerprint density at radius 1 is 1.29 bits per heavy atom. The summed E-state index contributed by atoms with van der Waals surface area (Å²) in [5.74, 6) is -0.0646. The van der Waals surface area contributed by atoms with Crippen molar-refractivity contribution in [1.29, 1.82) is 5.26 Å². The van der Waals surface area contributed by atoms with E-state index in [0.29, 0.717) is 12.8 Å². The zero-order valence-electron chi connectivity index (χ0n) is 12.8. The van der Waals surface area contributed by atoms with Crippen molar-refractivity contribution >= 4 is 5.91 Å². The number of nitriles is 1. The molecule has 21 heavy (non-hydrogen) atoms. The number of carbonyl (C=O) groups excluding carboxylic acids is 1. The molecule has 0 bridgehead atoms. The Balaban J connectivity index is 1.85. The minimum atomic E-state index is -0.779. The molecule has 0 radical (unpaired) electrons. The number of carbonyl (C=O) groups is 1. The molecule has 1 fully saturated rings. The third-order valence-corrected chi connectivity index (χ3v) is 4.44. The maximum atomic E-state index is 12.4. The molecule has 1 aliphatic rings. The third-order valence-electron chi connectivity index (χ3n) is 4.44. The van der Waals surface area contributed by atoms with Gasteiger partial charge in [0.25, 0.3) is 0 Å². The fourth-order valence-corrected chi connectivity index (χ4v) is 3.01. The number of rotatable bonds is 5. The Morgan fingerprint density at radius 2 is 1.95 bits per heavy atom. The van der Waals surface area contributed by atoms with Crippen LogP contribution in [0.1, 0.15) is 51.0 Å². The molecule has 1 aliphatic carbocycles. The highest BCUT2D eigenvalue weighted by atomic mass is 16.2. The van der Waals surface area contributed by atoms with E-state index in [9.17, 15) is 10.1 Å². The van der Waals surface area contributed by atoms with E-state index in [0.717, 1.165) is 32.1 Å². The smallest absolute Gasteiger partial charge is 0.240 e. The quantitative estimate of drug-likeness (QED) is 0.898. The summed E-state index contributed by atoms with van der Waals surface area (Å²) in [6.07, 6.45) is 6.37. The van der Waals surface area contributed by atoms with E-state index in [1.165, 1.54) is 5.56 Å². The van der Waals surface area contributed by atoms with Crippen LogP contribution in [0.4, 0.5) is 0 Å². The van der Waals surface area contributed by atoms with Crippen molar-refractivity contribution in [3.05, 3.63) is 35.9 Å². The standard InChI is InChI=1S/C18H24N2O/c1-15(10-11-16-8-4-2-5-9-16)20-17(21)18(14-19)12-6-3-7-13-18/h2,4-5,8-9,15H,3,6-7,10-13H2,1H3,(H,20,21). The first kappa shape index (κ1) is 15.6. The molecule has 0 aliphatic heterocycles. The second kappa shape index (κ2) is 7.26. The minimum Gasteiger partial charge on any atom is -0.352 e. The summed E-state index contributed by atoms with van der Waals surface area (Å²) in [5.41, 5.74) is 0.505. The van der Waals surface area contributed by atoms with E-state index in [1.54, 1.807) is 0 Å². The Labute approximate surface area is 127 Å². The van der Waals surface area contributed by atoms with Crippen LogP contribution in [0.25, 0.3) is 0 Å². The molecule has 1 saturated carbocycles. The molecule has 3 nitrogen and oxygen atoms in total. The fraction of sp³-hybridized carbons (Fsp3) is 0.556. The molecule has 1 unspecified atom stereocenters. The van der Waals surface area contributed by atoms with Gasteiger partial charge in [-0.3, -0.25) is 4.79 Å². The topological polar surface area (TPSA) is 52.9 Å². The first-order valence-electron chi connectivity index (χ1n) is 7.92. The molecular formula is C18H24N2O. The van der Waals surface area contributed by atoms with E-state index in [1.807, 2.05) is 25.1 Å². The zero-order valence-corrected chi connectivity index (χ0v) is 12.8. The molecule has 0 spiro atoms. The molecule has 1 amide bonds. The molecule has 2 rings (SSSR count). The van der Waals surface area contributed by atoms with E-state index in [2.05, 4.69) is 23.5 Å². The third kappa shape index (κ3) is 4.07. The number of nitrogens with zero attached hydrogens (tertiary/aromatic N) is 1. The van der Waals surface area contributed by atoms with Gasteiger partial charge in [0.1, 0.15) is 5.41 Å². The van der Waals surface area contributed by atoms with Crippen molar-refractivity contribution in [1.82, 2.24) is 5.32 Å². The number of nitrogens with one attached hydrogen (secondary N) is 1. The highest BCUT2D eigenvalue weighted by Gasteiger charge is 2.40. The molecular weight excluding hydrogens is 260 g/mol. The van der Waals surface area contributed by atoms with Crippen LogP contribution in [0.2, 0.25) is 0 Å². The highest BCUT2D eigenvalue weighted by molar-refractivity contribution is 5.85. The first-order valence-corrected chi connectivity index (χ1v) is 7.92. The highest BCUT2D eigenvalue weighted by Crippen LogP contribution is 2.36. The van der Waals surface area contributed by atoms with Crippen LogP contribution in [0.5, 0.6) is 0 Å². The molecule has 3 heteroatoms. The largest absolute Gasteiger partial charge is 0.352 e. The number of hydrogen-bond donors (Lipinski definition) is 1. The van der Waals surface area contributed by atoms with Crippen molar-refractivity contribution in [3.8, 4) is 6.07 Å². The van der Waals surface area contributed by atoms with Crippen molar-refractivity contribution in [2.75, 3.05) is 0 Å². The van der Waals surface area contributed by atoms with Gasteiger partial charge in [0.2, 0.25) is 5.91 Å². The molecule has 0 heterocycles. The lowest BCUT2D eigenvalue weighted by Crippen LogP contribution is -2.45. The predicted octanol–water partition coefficient (Wildman–Crippen LogP) is 3.60. The lowest BCUT2D eigenvalue weighted by molar-refractivity contribution is -0.130. The van der Waals surface area contributed by atoms with Crippen molar-refractivity contribution in [2.24, 2.45) is 5.41 Å². The molecule has 0 saturated heterocycles. The van der Waals surface area contributed by atoms with Gasteiger partial charge in [0, 0.05) is 6.04 Å². The van der Waals surface area contributed by atoms with Gasteiger partial charge < -0.3 is 5.32 Å². The molecule has 1 aromatic carbocycles. The lowest BCUT2D eigenvalue weighted by atomic mass is 9.74. The monoisotopic (exact) mass is 284 g/mol. The molecule has 1 N–H and O–H groups in total. The van der Waals surface area contributed by atoms with Crippen LogP contribution in [0.3, 0.4) is 0 Å². The molecule has 0 aromatic heterocycles. The van der Waals surface area contributed by atoms with Gasteiger partial charge in [0.15, 0.2) is 0 Å². The minimum absolute atomic E-state index is 0.0646. The van der Waals surface area contributed by atoms with Gasteiger partial charge in [-0.25, -0.2) is 0 Å². The van der Waals surface area contributed by atoms with Crippen LogP contribution in [-0.4, -0.2) is 11.9 Å². The van der Waals surface area contributed by atoms with Crippen molar-refractivity contribution < 1.29 is 4.79 Å². The number of amides is 1. The van der Waals surface area contributed by atoms with Gasteiger partial charge >= 0.3 is 0 Å². The fourth-order valence-electron chi connectivity index (χ4n) is 3.01. The van der Waals surface area contributed by atoms with Crippen molar-refractivity contribution in [3.63, 3.8) is 0 Å². The van der Waals surface area contributed by atoms with Crippen molar-refractivity contribution in [2.45, 2.75) is 57.9 Å². The van der Waals surface area contributed by atoms with Crippen LogP contribution in [0.15, 0.2) is 30.3 Å². The summed E-state index contributed by atoms with van der Waals surface area (Å²) in [5, 5.41) is 12.5. The maximum absolute atomic E-state index is 12.4. The van der Waals surface area contributed by atoms with Gasteiger partial charge in [0.05, 0.1) is 6.07 Å². The number of hydrogen-bond acceptors (Lipinski definition) is 2. The van der Waals surface area contributed by atoms with Gasteiger partial charge in [-0.1, -0.05) is 49.6 Å². The normalized spacial score (nSPS) is 18.5. The Kier molecular flexibility index (Phi) is 5.38. The second-order valence-corrected chi connectivity index (χ2v) is 6.15. The number of benzene rings is 1. The summed E-state index contributed by atoms with van der Waals surface area (Å²) in [6.45, 7) is 2.02. The SMILES string of the molecule is CC(CCc1ccccc1)NC(=O)C1(C#N)CCCCC1. The Morgan fingerprint density at radius 3 is 2.57 bits per heavy atom. The summed E-state index contributed by atoms with van der Waals surface area (Å²) >= 11 is 0. The number of aryl methyl sites for hydroxylation is 1. The Hall–Kier alpha value is -1.82. The van der Waals surface area contributed by atoms with E-state index < -0.39 is 5.41 Å². The maximum Gasteiger partial charge on any atom is 0.240 e. The van der Waals surface area contributed by atoms with Gasteiger partial charge in [-0.05, 0) is 38.2 Å². The van der Waals surface area contributed by atoms with Gasteiger partial charge in [-0.15, -0.1) is 0 Å². The molecule has 1 atom stereocenters. The van der Waals surface area contributed by atoms with E-state index >= 15 is 0 Å². The summed E-state index contributed by atoms with van der Waals surface area (Å²) in [6, 6.07) is 12.7. The average molecular weight is 284 g/mol. The van der Waals surface area contributed by atoms with Gasteiger partial charge in [-0.2, -0.15) is 5.26 Å². The van der Waals surface area contributed by atoms with Crippen LogP contribution >= 0.6 is 0 Å². The van der Waals surface area contributed by atoms with E-state index in [-0.39, 0.29) is 11.9 Å². The Bertz CT molecular complexity index is 498. The van der Waals surface area contributed by atoms with Crippen LogP contribution in [-0.2, 0) is 11.2 Å². The lowest BCUT2D eigenvalue weighted by Gasteiger charge is -2.30. The summed E-state index contributed by atoms with van der Waals surface area (Å²) in [4.78, 5) is 12.4. The summed E-state index contributed by atoms with van der Waals surface area (Å²) in [7, 11) is 0. The molecule has 1 aromatic rings. The van der Waals surface area contributed by atoms with Crippen LogP contribution < -0.4 is 5.32 Å². The summed E-state index contributed by atoms with van der Waals surface area (Å²) < 4.78 is 0. The second-order valence-electron chi connectivity index (χ2n) is 6.15. The van der Waals surface area contributed by atoms with E-state index in [4.69, 9.17) is 0 Å². The van der Waals surface area contributed by atoms with Crippen LogP contribution in [0, 0.1) is 16.7 Å². The zero-order chi connectivity index (χ0) is 15.1. The first-order chi connectivity index (χ1) is 10.2. The average Bonchev–Trinajstić information content (AvgIpc) is 2.54. The molecule has 112 valence electrons. The predicted molar refractivity (Wildman–Crippen MR) is 83.5 cm³/mol.